The van der Waals surface area contributed by atoms with E-state index in [-0.39, 0.29) is 6.10 Å². The predicted molar refractivity (Wildman–Crippen MR) is 54.3 cm³/mol. The molecule has 1 saturated heterocycles. The monoisotopic (exact) mass is 204 g/mol. The van der Waals surface area contributed by atoms with Crippen molar-refractivity contribution in [2.75, 3.05) is 18.0 Å². The van der Waals surface area contributed by atoms with Crippen molar-refractivity contribution >= 4 is 5.95 Å². The fourth-order valence-electron chi connectivity index (χ4n) is 1.68. The minimum absolute atomic E-state index is 0.306. The molecule has 1 aromatic heterocycles. The Kier molecular flexibility index (Phi) is 2.52. The summed E-state index contributed by atoms with van der Waals surface area (Å²) in [5, 5.41) is 18.2. The van der Waals surface area contributed by atoms with Crippen LogP contribution in [0.2, 0.25) is 0 Å². The number of hydrogen-bond acceptors (Lipinski definition) is 5. The van der Waals surface area contributed by atoms with E-state index in [1.165, 1.54) is 0 Å². The number of nitrogens with zero attached hydrogens (tertiary/aromatic N) is 4. The average molecular weight is 204 g/mol. The zero-order chi connectivity index (χ0) is 10.8. The molecule has 1 aliphatic rings. The Hall–Kier alpha value is -1.67. The maximum Gasteiger partial charge on any atom is 0.226 e. The molecule has 1 aliphatic heterocycles. The van der Waals surface area contributed by atoms with Crippen molar-refractivity contribution in [1.82, 2.24) is 9.97 Å². The fourth-order valence-corrected chi connectivity index (χ4v) is 1.68. The molecular formula is C10H12N4O. The van der Waals surface area contributed by atoms with Crippen molar-refractivity contribution in [3.05, 3.63) is 17.5 Å². The normalized spacial score (nSPS) is 20.3. The third-order valence-electron chi connectivity index (χ3n) is 2.40. The molecule has 0 aliphatic carbocycles. The Morgan fingerprint density at radius 3 is 3.00 bits per heavy atom. The third kappa shape index (κ3) is 2.05. The van der Waals surface area contributed by atoms with E-state index in [1.807, 2.05) is 17.9 Å². The van der Waals surface area contributed by atoms with Gasteiger partial charge in [-0.1, -0.05) is 0 Å². The molecule has 78 valence electrons. The molecule has 1 fully saturated rings. The molecule has 1 aromatic rings. The largest absolute Gasteiger partial charge is 0.391 e. The van der Waals surface area contributed by atoms with Crippen molar-refractivity contribution in [1.29, 1.82) is 5.26 Å². The molecule has 5 heteroatoms. The van der Waals surface area contributed by atoms with Crippen molar-refractivity contribution < 1.29 is 5.11 Å². The van der Waals surface area contributed by atoms with Gasteiger partial charge in [0.15, 0.2) is 0 Å². The molecule has 15 heavy (non-hydrogen) atoms. The second-order valence-electron chi connectivity index (χ2n) is 3.69. The Labute approximate surface area is 88.0 Å². The first kappa shape index (κ1) is 9.87. The van der Waals surface area contributed by atoms with Crippen LogP contribution < -0.4 is 4.90 Å². The third-order valence-corrected chi connectivity index (χ3v) is 2.40. The Bertz CT molecular complexity index is 412. The average Bonchev–Trinajstić information content (AvgIpc) is 2.64. The van der Waals surface area contributed by atoms with E-state index >= 15 is 0 Å². The first-order valence-corrected chi connectivity index (χ1v) is 4.88. The number of β-amino-alcohol motifs (C(OH)–C–C–N with tert-alkyl or cyclic N) is 1. The van der Waals surface area contributed by atoms with E-state index in [0.717, 1.165) is 18.7 Å². The van der Waals surface area contributed by atoms with Gasteiger partial charge in [0.2, 0.25) is 5.95 Å². The van der Waals surface area contributed by atoms with Gasteiger partial charge in [0.05, 0.1) is 6.10 Å². The van der Waals surface area contributed by atoms with Gasteiger partial charge in [-0.05, 0) is 19.4 Å². The number of hydrogen-bond donors (Lipinski definition) is 1. The summed E-state index contributed by atoms with van der Waals surface area (Å²) in [6, 6.07) is 3.65. The summed E-state index contributed by atoms with van der Waals surface area (Å²) < 4.78 is 0. The molecule has 2 heterocycles. The molecule has 0 amide bonds. The fraction of sp³-hybridized carbons (Fsp3) is 0.500. The van der Waals surface area contributed by atoms with E-state index in [9.17, 15) is 5.11 Å². The highest BCUT2D eigenvalue weighted by atomic mass is 16.3. The molecular weight excluding hydrogens is 192 g/mol. The van der Waals surface area contributed by atoms with E-state index in [4.69, 9.17) is 5.26 Å². The van der Waals surface area contributed by atoms with Gasteiger partial charge in [0.25, 0.3) is 0 Å². The molecule has 2 rings (SSSR count). The van der Waals surface area contributed by atoms with Crippen LogP contribution in [0, 0.1) is 18.3 Å². The van der Waals surface area contributed by atoms with Crippen LogP contribution in [0.4, 0.5) is 5.95 Å². The lowest BCUT2D eigenvalue weighted by Crippen LogP contribution is -2.23. The van der Waals surface area contributed by atoms with Crippen molar-refractivity contribution in [3.8, 4) is 6.07 Å². The van der Waals surface area contributed by atoms with Crippen molar-refractivity contribution in [2.24, 2.45) is 0 Å². The zero-order valence-electron chi connectivity index (χ0n) is 8.51. The van der Waals surface area contributed by atoms with Crippen LogP contribution in [-0.4, -0.2) is 34.3 Å². The summed E-state index contributed by atoms with van der Waals surface area (Å²) in [6.45, 7) is 3.13. The Morgan fingerprint density at radius 1 is 1.60 bits per heavy atom. The van der Waals surface area contributed by atoms with Gasteiger partial charge in [-0.25, -0.2) is 9.97 Å². The summed E-state index contributed by atoms with van der Waals surface area (Å²) in [6.07, 6.45) is 0.429. The van der Waals surface area contributed by atoms with Gasteiger partial charge in [-0.3, -0.25) is 0 Å². The summed E-state index contributed by atoms with van der Waals surface area (Å²) in [5.41, 5.74) is 1.15. The minimum atomic E-state index is -0.306. The van der Waals surface area contributed by atoms with Crippen LogP contribution in [0.5, 0.6) is 0 Å². The van der Waals surface area contributed by atoms with Crippen LogP contribution in [0.25, 0.3) is 0 Å². The number of rotatable bonds is 1. The molecule has 5 nitrogen and oxygen atoms in total. The predicted octanol–water partition coefficient (Wildman–Crippen LogP) is 0.228. The van der Waals surface area contributed by atoms with Gasteiger partial charge in [-0.2, -0.15) is 5.26 Å². The van der Waals surface area contributed by atoms with E-state index < -0.39 is 0 Å². The molecule has 0 spiro atoms. The van der Waals surface area contributed by atoms with Crippen molar-refractivity contribution in [3.63, 3.8) is 0 Å². The highest BCUT2D eigenvalue weighted by Gasteiger charge is 2.22. The van der Waals surface area contributed by atoms with E-state index in [0.29, 0.717) is 18.2 Å². The van der Waals surface area contributed by atoms with Crippen molar-refractivity contribution in [2.45, 2.75) is 19.4 Å². The number of aliphatic hydroxyl groups excluding tert-OH is 1. The second-order valence-corrected chi connectivity index (χ2v) is 3.69. The van der Waals surface area contributed by atoms with Gasteiger partial charge < -0.3 is 10.0 Å². The number of aromatic nitrogens is 2. The van der Waals surface area contributed by atoms with E-state index in [2.05, 4.69) is 9.97 Å². The summed E-state index contributed by atoms with van der Waals surface area (Å²) in [7, 11) is 0. The lowest BCUT2D eigenvalue weighted by atomic mass is 10.3. The highest BCUT2D eigenvalue weighted by Crippen LogP contribution is 2.16. The van der Waals surface area contributed by atoms with Crippen LogP contribution in [0.3, 0.4) is 0 Å². The molecule has 0 aromatic carbocycles. The van der Waals surface area contributed by atoms with Gasteiger partial charge in [0, 0.05) is 18.8 Å². The first-order chi connectivity index (χ1) is 7.19. The smallest absolute Gasteiger partial charge is 0.226 e. The number of aliphatic hydroxyl groups is 1. The van der Waals surface area contributed by atoms with Crippen LogP contribution >= 0.6 is 0 Å². The maximum absolute atomic E-state index is 9.39. The van der Waals surface area contributed by atoms with Crippen LogP contribution in [0.1, 0.15) is 17.8 Å². The van der Waals surface area contributed by atoms with Crippen LogP contribution in [0.15, 0.2) is 6.07 Å². The SMILES string of the molecule is Cc1cc(C#N)nc(N2CC[C@H](O)C2)n1. The molecule has 0 unspecified atom stereocenters. The minimum Gasteiger partial charge on any atom is -0.391 e. The quantitative estimate of drug-likeness (QED) is 0.708. The van der Waals surface area contributed by atoms with Gasteiger partial charge >= 0.3 is 0 Å². The lowest BCUT2D eigenvalue weighted by Gasteiger charge is -2.15. The number of anilines is 1. The highest BCUT2D eigenvalue weighted by molar-refractivity contribution is 5.37. The number of aryl methyl sites for hydroxylation is 1. The first-order valence-electron chi connectivity index (χ1n) is 4.88. The molecule has 0 bridgehead atoms. The second kappa shape index (κ2) is 3.83. The summed E-state index contributed by atoms with van der Waals surface area (Å²) in [4.78, 5) is 10.3. The maximum atomic E-state index is 9.39. The lowest BCUT2D eigenvalue weighted by molar-refractivity contribution is 0.198. The molecule has 0 radical (unpaired) electrons. The summed E-state index contributed by atoms with van der Waals surface area (Å²) in [5.74, 6) is 0.545. The molecule has 0 saturated carbocycles. The van der Waals surface area contributed by atoms with E-state index in [1.54, 1.807) is 6.07 Å². The Balaban J connectivity index is 2.29. The van der Waals surface area contributed by atoms with Gasteiger partial charge in [0.1, 0.15) is 11.8 Å². The molecule has 1 N–H and O–H groups in total. The topological polar surface area (TPSA) is 73.0 Å². The van der Waals surface area contributed by atoms with Gasteiger partial charge in [-0.15, -0.1) is 0 Å². The zero-order valence-corrected chi connectivity index (χ0v) is 8.51. The molecule has 1 atom stereocenters. The van der Waals surface area contributed by atoms with Crippen LogP contribution in [-0.2, 0) is 0 Å². The summed E-state index contributed by atoms with van der Waals surface area (Å²) >= 11 is 0. The number of nitriles is 1. The standard InChI is InChI=1S/C10H12N4O/c1-7-4-8(5-11)13-10(12-7)14-3-2-9(15)6-14/h4,9,15H,2-3,6H2,1H3/t9-/m0/s1. The Morgan fingerprint density at radius 2 is 2.40 bits per heavy atom.